The fourth-order valence-electron chi connectivity index (χ4n) is 3.37. The lowest BCUT2D eigenvalue weighted by Gasteiger charge is -2.26. The highest BCUT2D eigenvalue weighted by molar-refractivity contribution is 7.91. The van der Waals surface area contributed by atoms with Crippen LogP contribution in [0.4, 0.5) is 0 Å². The van der Waals surface area contributed by atoms with E-state index in [0.717, 1.165) is 25.5 Å². The summed E-state index contributed by atoms with van der Waals surface area (Å²) in [6, 6.07) is 0.583. The highest BCUT2D eigenvalue weighted by Gasteiger charge is 2.35. The maximum atomic E-state index is 11.6. The molecule has 0 spiro atoms. The third kappa shape index (κ3) is 3.94. The molecule has 2 atom stereocenters. The Hall–Kier alpha value is -0.780. The molecule has 0 amide bonds. The predicted octanol–water partition coefficient (Wildman–Crippen LogP) is 1.65. The Labute approximate surface area is 134 Å². The van der Waals surface area contributed by atoms with Crippen LogP contribution in [0.15, 0.2) is 4.99 Å². The van der Waals surface area contributed by atoms with E-state index >= 15 is 0 Å². The van der Waals surface area contributed by atoms with E-state index < -0.39 is 9.84 Å². The molecule has 5 nitrogen and oxygen atoms in total. The molecule has 2 saturated heterocycles. The highest BCUT2D eigenvalue weighted by atomic mass is 32.2. The predicted molar refractivity (Wildman–Crippen MR) is 89.8 cm³/mol. The van der Waals surface area contributed by atoms with Crippen LogP contribution < -0.4 is 5.32 Å². The largest absolute Gasteiger partial charge is 0.354 e. The molecule has 2 aliphatic heterocycles. The molecule has 2 heterocycles. The standard InChI is InChI=1S/C16H29N3O2S/c1-3-16(2)7-8-19(12-16)15(18-14-4-5-14)17-10-13-6-9-22(20,21)11-13/h13-14H,3-12H2,1-2H3,(H,17,18). The van der Waals surface area contributed by atoms with Crippen molar-refractivity contribution in [2.45, 2.75) is 52.0 Å². The Bertz CT molecular complexity index is 542. The van der Waals surface area contributed by atoms with Gasteiger partial charge in [0.05, 0.1) is 11.5 Å². The zero-order valence-electron chi connectivity index (χ0n) is 13.8. The molecule has 2 unspecified atom stereocenters. The number of hydrogen-bond donors (Lipinski definition) is 1. The zero-order chi connectivity index (χ0) is 15.8. The number of nitrogens with one attached hydrogen (secondary N) is 1. The first-order valence-electron chi connectivity index (χ1n) is 8.65. The lowest BCUT2D eigenvalue weighted by Crippen LogP contribution is -2.42. The molecule has 1 aliphatic carbocycles. The Kier molecular flexibility index (Phi) is 4.40. The molecule has 3 aliphatic rings. The van der Waals surface area contributed by atoms with Crippen molar-refractivity contribution in [3.05, 3.63) is 0 Å². The van der Waals surface area contributed by atoms with Gasteiger partial charge in [0, 0.05) is 25.7 Å². The summed E-state index contributed by atoms with van der Waals surface area (Å²) in [5.74, 6) is 1.89. The van der Waals surface area contributed by atoms with E-state index in [0.29, 0.717) is 29.5 Å². The van der Waals surface area contributed by atoms with Crippen molar-refractivity contribution < 1.29 is 8.42 Å². The van der Waals surface area contributed by atoms with Crippen molar-refractivity contribution in [2.24, 2.45) is 16.3 Å². The molecule has 6 heteroatoms. The van der Waals surface area contributed by atoms with Gasteiger partial charge in [-0.1, -0.05) is 13.8 Å². The molecule has 0 aromatic heterocycles. The lowest BCUT2D eigenvalue weighted by molar-refractivity contribution is 0.321. The average molecular weight is 327 g/mol. The third-order valence-corrected chi connectivity index (χ3v) is 7.28. The van der Waals surface area contributed by atoms with E-state index in [4.69, 9.17) is 4.99 Å². The summed E-state index contributed by atoms with van der Waals surface area (Å²) in [5.41, 5.74) is 0.392. The van der Waals surface area contributed by atoms with Gasteiger partial charge in [-0.25, -0.2) is 8.42 Å². The van der Waals surface area contributed by atoms with E-state index in [-0.39, 0.29) is 5.92 Å². The summed E-state index contributed by atoms with van der Waals surface area (Å²) in [7, 11) is -2.80. The van der Waals surface area contributed by atoms with Crippen molar-refractivity contribution >= 4 is 15.8 Å². The minimum Gasteiger partial charge on any atom is -0.354 e. The summed E-state index contributed by atoms with van der Waals surface area (Å²) in [6.45, 7) is 7.38. The zero-order valence-corrected chi connectivity index (χ0v) is 14.7. The summed E-state index contributed by atoms with van der Waals surface area (Å²) < 4.78 is 23.2. The number of sulfone groups is 1. The molecule has 1 N–H and O–H groups in total. The van der Waals surface area contributed by atoms with Crippen molar-refractivity contribution in [3.8, 4) is 0 Å². The normalized spacial score (nSPS) is 35.1. The number of hydrogen-bond acceptors (Lipinski definition) is 3. The van der Waals surface area contributed by atoms with Crippen LogP contribution in [0.3, 0.4) is 0 Å². The van der Waals surface area contributed by atoms with Crippen molar-refractivity contribution in [1.29, 1.82) is 0 Å². The van der Waals surface area contributed by atoms with Crippen LogP contribution in [-0.2, 0) is 9.84 Å². The fraction of sp³-hybridized carbons (Fsp3) is 0.938. The molecule has 22 heavy (non-hydrogen) atoms. The third-order valence-electron chi connectivity index (χ3n) is 5.45. The minimum absolute atomic E-state index is 0.209. The van der Waals surface area contributed by atoms with Crippen LogP contribution in [0.25, 0.3) is 0 Å². The fourth-order valence-corrected chi connectivity index (χ4v) is 5.22. The molecule has 126 valence electrons. The van der Waals surface area contributed by atoms with Gasteiger partial charge in [0.1, 0.15) is 0 Å². The van der Waals surface area contributed by atoms with Gasteiger partial charge < -0.3 is 10.2 Å². The first-order chi connectivity index (χ1) is 10.4. The molecule has 0 bridgehead atoms. The SMILES string of the molecule is CCC1(C)CCN(C(=NCC2CCS(=O)(=O)C2)NC2CC2)C1. The Morgan fingerprint density at radius 2 is 2.14 bits per heavy atom. The summed E-state index contributed by atoms with van der Waals surface area (Å²) in [5, 5.41) is 3.57. The summed E-state index contributed by atoms with van der Waals surface area (Å²) >= 11 is 0. The average Bonchev–Trinajstić information content (AvgIpc) is 3.10. The van der Waals surface area contributed by atoms with E-state index in [1.165, 1.54) is 25.7 Å². The van der Waals surface area contributed by atoms with Crippen molar-refractivity contribution in [1.82, 2.24) is 10.2 Å². The monoisotopic (exact) mass is 327 g/mol. The van der Waals surface area contributed by atoms with Crippen LogP contribution in [0.5, 0.6) is 0 Å². The van der Waals surface area contributed by atoms with Crippen molar-refractivity contribution in [2.75, 3.05) is 31.1 Å². The van der Waals surface area contributed by atoms with Crippen LogP contribution in [0.2, 0.25) is 0 Å². The number of likely N-dealkylation sites (tertiary alicyclic amines) is 1. The smallest absolute Gasteiger partial charge is 0.194 e. The van der Waals surface area contributed by atoms with E-state index in [1.54, 1.807) is 0 Å². The van der Waals surface area contributed by atoms with Gasteiger partial charge in [-0.2, -0.15) is 0 Å². The van der Waals surface area contributed by atoms with Gasteiger partial charge in [0.25, 0.3) is 0 Å². The quantitative estimate of drug-likeness (QED) is 0.630. The second kappa shape index (κ2) is 6.02. The number of guanidine groups is 1. The topological polar surface area (TPSA) is 61.8 Å². The number of nitrogens with zero attached hydrogens (tertiary/aromatic N) is 2. The Morgan fingerprint density at radius 1 is 1.36 bits per heavy atom. The van der Waals surface area contributed by atoms with Crippen LogP contribution in [0, 0.1) is 11.3 Å². The molecule has 0 aromatic rings. The number of aliphatic imine (C=N–C) groups is 1. The van der Waals surface area contributed by atoms with Crippen LogP contribution in [0.1, 0.15) is 46.0 Å². The molecule has 0 radical (unpaired) electrons. The maximum absolute atomic E-state index is 11.6. The molecule has 3 rings (SSSR count). The molecular weight excluding hydrogens is 298 g/mol. The Morgan fingerprint density at radius 3 is 2.68 bits per heavy atom. The van der Waals surface area contributed by atoms with Gasteiger partial charge in [-0.15, -0.1) is 0 Å². The van der Waals surface area contributed by atoms with E-state index in [2.05, 4.69) is 24.1 Å². The van der Waals surface area contributed by atoms with E-state index in [1.807, 2.05) is 0 Å². The van der Waals surface area contributed by atoms with Gasteiger partial charge in [0.15, 0.2) is 15.8 Å². The van der Waals surface area contributed by atoms with Crippen LogP contribution >= 0.6 is 0 Å². The van der Waals surface area contributed by atoms with Gasteiger partial charge in [0.2, 0.25) is 0 Å². The van der Waals surface area contributed by atoms with E-state index in [9.17, 15) is 8.42 Å². The highest BCUT2D eigenvalue weighted by Crippen LogP contribution is 2.33. The number of rotatable bonds is 4. The molecule has 0 aromatic carbocycles. The second-order valence-corrected chi connectivity index (χ2v) is 9.92. The summed E-state index contributed by atoms with van der Waals surface area (Å²) in [6.07, 6.45) is 5.65. The van der Waals surface area contributed by atoms with Crippen LogP contribution in [-0.4, -0.2) is 56.5 Å². The molecule has 3 fully saturated rings. The first kappa shape index (κ1) is 16.1. The second-order valence-electron chi connectivity index (χ2n) is 7.69. The maximum Gasteiger partial charge on any atom is 0.194 e. The lowest BCUT2D eigenvalue weighted by atomic mass is 9.87. The molecular formula is C16H29N3O2S. The van der Waals surface area contributed by atoms with Gasteiger partial charge in [-0.05, 0) is 43.4 Å². The van der Waals surface area contributed by atoms with Gasteiger partial charge >= 0.3 is 0 Å². The minimum atomic E-state index is -2.80. The first-order valence-corrected chi connectivity index (χ1v) is 10.5. The summed E-state index contributed by atoms with van der Waals surface area (Å²) in [4.78, 5) is 7.18. The van der Waals surface area contributed by atoms with Crippen molar-refractivity contribution in [3.63, 3.8) is 0 Å². The Balaban J connectivity index is 1.63. The molecule has 1 saturated carbocycles. The van der Waals surface area contributed by atoms with Gasteiger partial charge in [-0.3, -0.25) is 4.99 Å².